The molecule has 0 unspecified atom stereocenters. The van der Waals surface area contributed by atoms with E-state index in [0.717, 1.165) is 5.56 Å². The van der Waals surface area contributed by atoms with E-state index in [1.807, 2.05) is 13.0 Å². The number of methoxy groups -OCH3 is 1. The molecule has 19 heavy (non-hydrogen) atoms. The minimum Gasteiger partial charge on any atom is -0.495 e. The number of aryl methyl sites for hydroxylation is 1. The van der Waals surface area contributed by atoms with Gasteiger partial charge in [0.15, 0.2) is 0 Å². The topological polar surface area (TPSA) is 77.2 Å². The largest absolute Gasteiger partial charge is 0.495 e. The molecule has 0 saturated carbocycles. The van der Waals surface area contributed by atoms with Crippen molar-refractivity contribution in [2.75, 3.05) is 18.2 Å². The molecule has 0 aliphatic rings. The summed E-state index contributed by atoms with van der Waals surface area (Å²) in [7, 11) is 1.51. The van der Waals surface area contributed by atoms with Crippen LogP contribution >= 0.6 is 0 Å². The van der Waals surface area contributed by atoms with Crippen LogP contribution in [-0.2, 0) is 0 Å². The first-order valence-corrected chi connectivity index (χ1v) is 5.78. The summed E-state index contributed by atoms with van der Waals surface area (Å²) in [6, 6.07) is 6.91. The van der Waals surface area contributed by atoms with Crippen LogP contribution in [0.1, 0.15) is 15.9 Å². The van der Waals surface area contributed by atoms with E-state index in [1.54, 1.807) is 30.6 Å². The van der Waals surface area contributed by atoms with Gasteiger partial charge in [-0.2, -0.15) is 0 Å². The van der Waals surface area contributed by atoms with Gasteiger partial charge in [-0.25, -0.2) is 0 Å². The second kappa shape index (κ2) is 5.39. The summed E-state index contributed by atoms with van der Waals surface area (Å²) in [5.41, 5.74) is 8.18. The number of aromatic nitrogens is 1. The fourth-order valence-corrected chi connectivity index (χ4v) is 1.70. The van der Waals surface area contributed by atoms with Gasteiger partial charge in [-0.05, 0) is 30.7 Å². The van der Waals surface area contributed by atoms with Crippen LogP contribution in [0.3, 0.4) is 0 Å². The molecule has 0 radical (unpaired) electrons. The summed E-state index contributed by atoms with van der Waals surface area (Å²) < 4.78 is 5.09. The minimum absolute atomic E-state index is 0.285. The molecule has 1 aromatic heterocycles. The number of pyridine rings is 1. The highest BCUT2D eigenvalue weighted by molar-refractivity contribution is 6.08. The van der Waals surface area contributed by atoms with Gasteiger partial charge in [0.1, 0.15) is 5.75 Å². The maximum atomic E-state index is 12.2. The molecule has 2 aromatic rings. The molecule has 5 heteroatoms. The zero-order valence-electron chi connectivity index (χ0n) is 10.8. The first-order valence-electron chi connectivity index (χ1n) is 5.78. The number of hydrogen-bond acceptors (Lipinski definition) is 4. The van der Waals surface area contributed by atoms with Gasteiger partial charge < -0.3 is 15.8 Å². The fraction of sp³-hybridized carbons (Fsp3) is 0.143. The van der Waals surface area contributed by atoms with Gasteiger partial charge in [-0.3, -0.25) is 9.78 Å². The molecular formula is C14H15N3O2. The Balaban J connectivity index is 2.28. The molecule has 98 valence electrons. The van der Waals surface area contributed by atoms with Gasteiger partial charge in [0.05, 0.1) is 30.2 Å². The Hall–Kier alpha value is -2.56. The van der Waals surface area contributed by atoms with Crippen LogP contribution in [0.5, 0.6) is 5.75 Å². The average molecular weight is 257 g/mol. The molecule has 0 saturated heterocycles. The van der Waals surface area contributed by atoms with Gasteiger partial charge in [0.25, 0.3) is 5.91 Å². The number of benzene rings is 1. The van der Waals surface area contributed by atoms with Gasteiger partial charge in [-0.15, -0.1) is 0 Å². The SMILES string of the molecule is COc1cccc(C(=O)Nc2cnccc2C)c1N. The maximum Gasteiger partial charge on any atom is 0.257 e. The number of carbonyl (C=O) groups is 1. The molecular weight excluding hydrogens is 242 g/mol. The van der Waals surface area contributed by atoms with Crippen molar-refractivity contribution in [3.8, 4) is 5.75 Å². The number of nitrogen functional groups attached to an aromatic ring is 1. The minimum atomic E-state index is -0.285. The Labute approximate surface area is 111 Å². The summed E-state index contributed by atoms with van der Waals surface area (Å²) in [5.74, 6) is 0.197. The van der Waals surface area contributed by atoms with E-state index in [0.29, 0.717) is 22.7 Å². The van der Waals surface area contributed by atoms with Crippen molar-refractivity contribution in [1.82, 2.24) is 4.98 Å². The molecule has 5 nitrogen and oxygen atoms in total. The first-order chi connectivity index (χ1) is 9.13. The Morgan fingerprint density at radius 2 is 2.16 bits per heavy atom. The zero-order valence-corrected chi connectivity index (χ0v) is 10.8. The van der Waals surface area contributed by atoms with Gasteiger partial charge in [0.2, 0.25) is 0 Å². The van der Waals surface area contributed by atoms with Crippen LogP contribution in [0, 0.1) is 6.92 Å². The quantitative estimate of drug-likeness (QED) is 0.827. The van der Waals surface area contributed by atoms with Crippen LogP contribution < -0.4 is 15.8 Å². The lowest BCUT2D eigenvalue weighted by atomic mass is 10.1. The number of rotatable bonds is 3. The summed E-state index contributed by atoms with van der Waals surface area (Å²) in [5, 5.41) is 2.78. The number of nitrogens with zero attached hydrogens (tertiary/aromatic N) is 1. The van der Waals surface area contributed by atoms with Crippen molar-refractivity contribution in [1.29, 1.82) is 0 Å². The van der Waals surface area contributed by atoms with Crippen molar-refractivity contribution < 1.29 is 9.53 Å². The number of carbonyl (C=O) groups excluding carboxylic acids is 1. The van der Waals surface area contributed by atoms with Crippen molar-refractivity contribution in [3.63, 3.8) is 0 Å². The van der Waals surface area contributed by atoms with E-state index in [4.69, 9.17) is 10.5 Å². The van der Waals surface area contributed by atoms with E-state index >= 15 is 0 Å². The third kappa shape index (κ3) is 2.65. The zero-order chi connectivity index (χ0) is 13.8. The van der Waals surface area contributed by atoms with Crippen LogP contribution in [0.15, 0.2) is 36.7 Å². The molecule has 0 bridgehead atoms. The third-order valence-electron chi connectivity index (χ3n) is 2.82. The summed E-state index contributed by atoms with van der Waals surface area (Å²) in [6.45, 7) is 1.90. The standard InChI is InChI=1S/C14H15N3O2/c1-9-6-7-16-8-11(9)17-14(18)10-4-3-5-12(19-2)13(10)15/h3-8H,15H2,1-2H3,(H,17,18). The van der Waals surface area contributed by atoms with E-state index in [2.05, 4.69) is 10.3 Å². The van der Waals surface area contributed by atoms with Gasteiger partial charge in [-0.1, -0.05) is 6.07 Å². The molecule has 0 aliphatic carbocycles. The van der Waals surface area contributed by atoms with Gasteiger partial charge in [0, 0.05) is 6.20 Å². The number of para-hydroxylation sites is 1. The predicted octanol–water partition coefficient (Wildman–Crippen LogP) is 2.23. The lowest BCUT2D eigenvalue weighted by Gasteiger charge is -2.11. The van der Waals surface area contributed by atoms with Gasteiger partial charge >= 0.3 is 0 Å². The van der Waals surface area contributed by atoms with E-state index in [-0.39, 0.29) is 5.91 Å². The fourth-order valence-electron chi connectivity index (χ4n) is 1.70. The van der Waals surface area contributed by atoms with E-state index < -0.39 is 0 Å². The monoisotopic (exact) mass is 257 g/mol. The van der Waals surface area contributed by atoms with Crippen LogP contribution in [-0.4, -0.2) is 18.0 Å². The van der Waals surface area contributed by atoms with Crippen molar-refractivity contribution in [3.05, 3.63) is 47.8 Å². The molecule has 1 heterocycles. The second-order valence-electron chi connectivity index (χ2n) is 4.07. The number of amides is 1. The molecule has 1 amide bonds. The predicted molar refractivity (Wildman–Crippen MR) is 74.3 cm³/mol. The molecule has 0 atom stereocenters. The molecule has 0 aliphatic heterocycles. The van der Waals surface area contributed by atoms with E-state index in [9.17, 15) is 4.79 Å². The lowest BCUT2D eigenvalue weighted by Crippen LogP contribution is -2.15. The summed E-state index contributed by atoms with van der Waals surface area (Å²) in [6.07, 6.45) is 3.27. The molecule has 0 fully saturated rings. The Morgan fingerprint density at radius 3 is 2.84 bits per heavy atom. The van der Waals surface area contributed by atoms with Crippen LogP contribution in [0.2, 0.25) is 0 Å². The maximum absolute atomic E-state index is 12.2. The number of ether oxygens (including phenoxy) is 1. The molecule has 1 aromatic carbocycles. The normalized spacial score (nSPS) is 10.0. The highest BCUT2D eigenvalue weighted by Crippen LogP contribution is 2.25. The van der Waals surface area contributed by atoms with Crippen LogP contribution in [0.25, 0.3) is 0 Å². The summed E-state index contributed by atoms with van der Waals surface area (Å²) in [4.78, 5) is 16.2. The first kappa shape index (κ1) is 12.9. The highest BCUT2D eigenvalue weighted by Gasteiger charge is 2.13. The van der Waals surface area contributed by atoms with E-state index in [1.165, 1.54) is 7.11 Å². The number of hydrogen-bond donors (Lipinski definition) is 2. The Kier molecular flexibility index (Phi) is 3.66. The van der Waals surface area contributed by atoms with Crippen LogP contribution in [0.4, 0.5) is 11.4 Å². The second-order valence-corrected chi connectivity index (χ2v) is 4.07. The number of nitrogens with two attached hydrogens (primary N) is 1. The number of nitrogens with one attached hydrogen (secondary N) is 1. The summed E-state index contributed by atoms with van der Waals surface area (Å²) >= 11 is 0. The Bertz CT molecular complexity index is 611. The molecule has 3 N–H and O–H groups in total. The molecule has 0 spiro atoms. The highest BCUT2D eigenvalue weighted by atomic mass is 16.5. The molecule has 2 rings (SSSR count). The van der Waals surface area contributed by atoms with Crippen molar-refractivity contribution in [2.24, 2.45) is 0 Å². The Morgan fingerprint density at radius 1 is 1.37 bits per heavy atom. The number of anilines is 2. The lowest BCUT2D eigenvalue weighted by molar-refractivity contribution is 0.102. The third-order valence-corrected chi connectivity index (χ3v) is 2.82. The average Bonchev–Trinajstić information content (AvgIpc) is 2.41. The van der Waals surface area contributed by atoms with Crippen molar-refractivity contribution in [2.45, 2.75) is 6.92 Å². The van der Waals surface area contributed by atoms with Crippen molar-refractivity contribution >= 4 is 17.3 Å². The smallest absolute Gasteiger partial charge is 0.257 e.